The van der Waals surface area contributed by atoms with Crippen molar-refractivity contribution in [2.24, 2.45) is 0 Å². The Labute approximate surface area is 138 Å². The van der Waals surface area contributed by atoms with E-state index >= 15 is 0 Å². The van der Waals surface area contributed by atoms with Crippen LogP contribution in [0.1, 0.15) is 5.69 Å². The number of hydrogen-bond acceptors (Lipinski definition) is 6. The number of tetrazole rings is 1. The number of aromatic nitrogens is 5. The lowest BCUT2D eigenvalue weighted by atomic mass is 10.0. The van der Waals surface area contributed by atoms with E-state index in [4.69, 9.17) is 0 Å². The van der Waals surface area contributed by atoms with Gasteiger partial charge in [0.05, 0.1) is 11.9 Å². The maximum atomic E-state index is 12.5. The van der Waals surface area contributed by atoms with Crippen molar-refractivity contribution in [3.8, 4) is 22.5 Å². The van der Waals surface area contributed by atoms with E-state index in [2.05, 4.69) is 30.9 Å². The third kappa shape index (κ3) is 2.87. The quantitative estimate of drug-likeness (QED) is 0.561. The smallest absolute Gasteiger partial charge is 0.179 e. The van der Waals surface area contributed by atoms with Crippen LogP contribution in [0.25, 0.3) is 22.5 Å². The number of benzene rings is 1. The zero-order chi connectivity index (χ0) is 16.4. The summed E-state index contributed by atoms with van der Waals surface area (Å²) in [7, 11) is 0. The molecule has 1 aromatic carbocycles. The molecule has 0 saturated heterocycles. The summed E-state index contributed by atoms with van der Waals surface area (Å²) in [5.41, 5.74) is 3.66. The van der Waals surface area contributed by atoms with Crippen LogP contribution in [0.3, 0.4) is 0 Å². The number of hydrogen-bond donors (Lipinski definition) is 2. The van der Waals surface area contributed by atoms with Gasteiger partial charge >= 0.3 is 0 Å². The Morgan fingerprint density at radius 2 is 2.00 bits per heavy atom. The highest BCUT2D eigenvalue weighted by molar-refractivity contribution is 5.69. The molecule has 8 heteroatoms. The number of rotatable bonds is 4. The van der Waals surface area contributed by atoms with Gasteiger partial charge in [-0.25, -0.2) is 5.10 Å². The van der Waals surface area contributed by atoms with Crippen molar-refractivity contribution in [3.63, 3.8) is 0 Å². The maximum Gasteiger partial charge on any atom is 0.179 e. The van der Waals surface area contributed by atoms with Crippen molar-refractivity contribution in [1.29, 1.82) is 0 Å². The lowest BCUT2D eigenvalue weighted by Gasteiger charge is -2.34. The highest BCUT2D eigenvalue weighted by atomic mass is 16.5. The van der Waals surface area contributed by atoms with Crippen LogP contribution >= 0.6 is 0 Å². The number of nitrogens with one attached hydrogen (secondary N) is 2. The van der Waals surface area contributed by atoms with Gasteiger partial charge in [-0.2, -0.15) is 0 Å². The largest absolute Gasteiger partial charge is 0.626 e. The molecule has 1 unspecified atom stereocenters. The first-order valence-electron chi connectivity index (χ1n) is 7.50. The van der Waals surface area contributed by atoms with Crippen LogP contribution in [-0.4, -0.2) is 36.9 Å². The van der Waals surface area contributed by atoms with Crippen molar-refractivity contribution in [1.82, 2.24) is 30.9 Å². The molecule has 1 atom stereocenters. The minimum Gasteiger partial charge on any atom is -0.626 e. The molecule has 1 aliphatic rings. The fraction of sp³-hybridized carbons (Fsp3) is 0.125. The molecule has 8 nitrogen and oxygen atoms in total. The van der Waals surface area contributed by atoms with E-state index in [1.54, 1.807) is 18.6 Å². The first kappa shape index (κ1) is 14.5. The first-order chi connectivity index (χ1) is 11.7. The molecule has 0 amide bonds. The summed E-state index contributed by atoms with van der Waals surface area (Å²) >= 11 is 0. The van der Waals surface area contributed by atoms with Crippen LogP contribution in [0.4, 0.5) is 0 Å². The lowest BCUT2D eigenvalue weighted by molar-refractivity contribution is -0.839. The molecule has 120 valence electrons. The first-order valence-corrected chi connectivity index (χ1v) is 7.50. The van der Waals surface area contributed by atoms with Crippen LogP contribution < -0.4 is 5.32 Å². The van der Waals surface area contributed by atoms with Gasteiger partial charge in [0.15, 0.2) is 12.5 Å². The van der Waals surface area contributed by atoms with Gasteiger partial charge in [0.2, 0.25) is 0 Å². The van der Waals surface area contributed by atoms with Gasteiger partial charge in [0.25, 0.3) is 0 Å². The Bertz CT molecular complexity index is 878. The van der Waals surface area contributed by atoms with Crippen LogP contribution in [0, 0.1) is 5.21 Å². The molecule has 2 N–H and O–H groups in total. The second-order valence-corrected chi connectivity index (χ2v) is 5.65. The van der Waals surface area contributed by atoms with Gasteiger partial charge in [0, 0.05) is 11.8 Å². The van der Waals surface area contributed by atoms with Gasteiger partial charge in [-0.1, -0.05) is 18.2 Å². The molecule has 3 heterocycles. The molecule has 0 fully saturated rings. The fourth-order valence-electron chi connectivity index (χ4n) is 2.70. The summed E-state index contributed by atoms with van der Waals surface area (Å²) < 4.78 is -0.444. The van der Waals surface area contributed by atoms with Crippen molar-refractivity contribution in [2.45, 2.75) is 6.54 Å². The Balaban J connectivity index is 1.64. The van der Waals surface area contributed by atoms with E-state index in [1.165, 1.54) is 0 Å². The van der Waals surface area contributed by atoms with Crippen LogP contribution in [0.15, 0.2) is 55.0 Å². The number of nitrogens with zero attached hydrogens (tertiary/aromatic N) is 5. The molecule has 0 saturated carbocycles. The molecule has 1 aliphatic heterocycles. The molecule has 0 spiro atoms. The van der Waals surface area contributed by atoms with Gasteiger partial charge in [-0.3, -0.25) is 4.98 Å². The van der Waals surface area contributed by atoms with Crippen molar-refractivity contribution in [2.75, 3.05) is 6.67 Å². The average molecular weight is 321 g/mol. The van der Waals surface area contributed by atoms with Gasteiger partial charge in [0.1, 0.15) is 12.7 Å². The molecule has 3 aromatic rings. The Kier molecular flexibility index (Phi) is 3.52. The SMILES string of the molecule is [O-][N+]1(Cc2cc(-c3cccc(-c4nnn[nH]4)c3)ccn2)C=CNC1. The van der Waals surface area contributed by atoms with E-state index in [0.29, 0.717) is 19.0 Å². The summed E-state index contributed by atoms with van der Waals surface area (Å²) in [6, 6.07) is 11.8. The Morgan fingerprint density at radius 1 is 1.12 bits per heavy atom. The minimum atomic E-state index is -0.444. The number of pyridine rings is 1. The summed E-state index contributed by atoms with van der Waals surface area (Å²) in [5, 5.41) is 29.3. The van der Waals surface area contributed by atoms with E-state index in [-0.39, 0.29) is 0 Å². The van der Waals surface area contributed by atoms with E-state index in [1.807, 2.05) is 36.4 Å². The molecule has 0 bridgehead atoms. The highest BCUT2D eigenvalue weighted by Crippen LogP contribution is 2.25. The van der Waals surface area contributed by atoms with Crippen LogP contribution in [0.2, 0.25) is 0 Å². The average Bonchev–Trinajstić information content (AvgIpc) is 3.27. The molecule has 24 heavy (non-hydrogen) atoms. The van der Waals surface area contributed by atoms with Gasteiger partial charge in [-0.15, -0.1) is 5.10 Å². The van der Waals surface area contributed by atoms with E-state index in [0.717, 1.165) is 22.4 Å². The second kappa shape index (κ2) is 5.84. The zero-order valence-electron chi connectivity index (χ0n) is 12.8. The predicted octanol–water partition coefficient (Wildman–Crippen LogP) is 1.78. The molecule has 0 aliphatic carbocycles. The van der Waals surface area contributed by atoms with Gasteiger partial charge < -0.3 is 15.2 Å². The lowest BCUT2D eigenvalue weighted by Crippen LogP contribution is -2.37. The standard InChI is InChI=1S/C16H15N7O/c24-23(7-6-17-11-23)10-15-9-13(4-5-18-15)12-2-1-3-14(8-12)16-19-21-22-20-16/h1-9,17H,10-11H2,(H,19,20,21,22). The minimum absolute atomic E-state index is 0.295. The van der Waals surface area contributed by atoms with Crippen LogP contribution in [0.5, 0.6) is 0 Å². The Morgan fingerprint density at radius 3 is 2.79 bits per heavy atom. The van der Waals surface area contributed by atoms with E-state index in [9.17, 15) is 5.21 Å². The van der Waals surface area contributed by atoms with Gasteiger partial charge in [-0.05, 0) is 39.8 Å². The third-order valence-corrected chi connectivity index (χ3v) is 3.88. The summed E-state index contributed by atoms with van der Waals surface area (Å²) in [4.78, 5) is 4.33. The molecule has 0 radical (unpaired) electrons. The van der Waals surface area contributed by atoms with E-state index < -0.39 is 4.65 Å². The number of aromatic amines is 1. The highest BCUT2D eigenvalue weighted by Gasteiger charge is 2.19. The normalized spacial score (nSPS) is 19.4. The predicted molar refractivity (Wildman–Crippen MR) is 87.3 cm³/mol. The third-order valence-electron chi connectivity index (χ3n) is 3.88. The monoisotopic (exact) mass is 321 g/mol. The summed E-state index contributed by atoms with van der Waals surface area (Å²) in [6.45, 7) is 0.628. The molecular formula is C16H15N7O. The molecular weight excluding hydrogens is 306 g/mol. The van der Waals surface area contributed by atoms with Crippen molar-refractivity contribution < 1.29 is 4.65 Å². The Hall–Kier alpha value is -3.10. The maximum absolute atomic E-state index is 12.5. The second-order valence-electron chi connectivity index (χ2n) is 5.65. The van der Waals surface area contributed by atoms with Crippen LogP contribution in [-0.2, 0) is 6.54 Å². The van der Waals surface area contributed by atoms with Crippen molar-refractivity contribution in [3.05, 3.63) is 65.9 Å². The summed E-state index contributed by atoms with van der Waals surface area (Å²) in [5.74, 6) is 0.614. The number of quaternary nitrogens is 1. The fourth-order valence-corrected chi connectivity index (χ4v) is 2.70. The number of hydroxylamine groups is 3. The summed E-state index contributed by atoms with van der Waals surface area (Å²) in [6.07, 6.45) is 5.02. The molecule has 4 rings (SSSR count). The zero-order valence-corrected chi connectivity index (χ0v) is 12.8. The number of H-pyrrole nitrogens is 1. The topological polar surface area (TPSA) is 102 Å². The van der Waals surface area contributed by atoms with Crippen molar-refractivity contribution >= 4 is 0 Å². The molecule has 2 aromatic heterocycles.